The van der Waals surface area contributed by atoms with Gasteiger partial charge in [-0.2, -0.15) is 13.2 Å². The van der Waals surface area contributed by atoms with Gasteiger partial charge in [0.05, 0.1) is 18.6 Å². The molecule has 1 aromatic rings. The Morgan fingerprint density at radius 1 is 1.45 bits per heavy atom. The van der Waals surface area contributed by atoms with Crippen LogP contribution in [0.15, 0.2) is 5.38 Å². The molecule has 0 spiro atoms. The Morgan fingerprint density at radius 2 is 2.10 bits per heavy atom. The van der Waals surface area contributed by atoms with Crippen molar-refractivity contribution in [2.45, 2.75) is 50.4 Å². The van der Waals surface area contributed by atoms with Gasteiger partial charge in [-0.25, -0.2) is 4.98 Å². The van der Waals surface area contributed by atoms with E-state index in [0.717, 1.165) is 29.6 Å². The van der Waals surface area contributed by atoms with Gasteiger partial charge in [0.25, 0.3) is 0 Å². The minimum absolute atomic E-state index is 0.00942. The molecule has 0 saturated heterocycles. The molecule has 0 aromatic carbocycles. The van der Waals surface area contributed by atoms with Crippen molar-refractivity contribution in [2.75, 3.05) is 0 Å². The predicted octanol–water partition coefficient (Wildman–Crippen LogP) is 2.47. The molecule has 2 rings (SSSR count). The van der Waals surface area contributed by atoms with Crippen LogP contribution in [0.4, 0.5) is 13.2 Å². The largest absolute Gasteiger partial charge is 0.434 e. The summed E-state index contributed by atoms with van der Waals surface area (Å²) in [7, 11) is 0. The maximum absolute atomic E-state index is 12.3. The highest BCUT2D eigenvalue weighted by atomic mass is 32.1. The van der Waals surface area contributed by atoms with Crippen LogP contribution in [-0.2, 0) is 17.5 Å². The van der Waals surface area contributed by atoms with Crippen molar-refractivity contribution < 1.29 is 23.1 Å². The molecule has 4 nitrogen and oxygen atoms in total. The minimum atomic E-state index is -4.46. The molecule has 1 aliphatic carbocycles. The molecule has 1 fully saturated rings. The van der Waals surface area contributed by atoms with Gasteiger partial charge >= 0.3 is 6.18 Å². The van der Waals surface area contributed by atoms with Gasteiger partial charge in [0.15, 0.2) is 5.69 Å². The smallest absolute Gasteiger partial charge is 0.389 e. The number of hydrogen-bond acceptors (Lipinski definition) is 4. The molecule has 8 heteroatoms. The molecule has 1 heterocycles. The van der Waals surface area contributed by atoms with Gasteiger partial charge in [-0.15, -0.1) is 11.3 Å². The van der Waals surface area contributed by atoms with E-state index >= 15 is 0 Å². The van der Waals surface area contributed by atoms with Crippen LogP contribution in [0.2, 0.25) is 0 Å². The normalized spacial score (nSPS) is 18.2. The summed E-state index contributed by atoms with van der Waals surface area (Å²) in [5, 5.41) is 13.7. The van der Waals surface area contributed by atoms with Gasteiger partial charge in [0.2, 0.25) is 5.91 Å². The summed E-state index contributed by atoms with van der Waals surface area (Å²) in [4.78, 5) is 15.1. The number of amides is 1. The van der Waals surface area contributed by atoms with Crippen molar-refractivity contribution in [2.24, 2.45) is 0 Å². The average Bonchev–Trinajstić information content (AvgIpc) is 2.94. The Morgan fingerprint density at radius 3 is 2.65 bits per heavy atom. The van der Waals surface area contributed by atoms with E-state index in [1.165, 1.54) is 0 Å². The molecule has 0 unspecified atom stereocenters. The quantitative estimate of drug-likeness (QED) is 0.898. The highest BCUT2D eigenvalue weighted by molar-refractivity contribution is 7.09. The fraction of sp³-hybridized carbons (Fsp3) is 0.667. The van der Waals surface area contributed by atoms with Crippen molar-refractivity contribution in [3.05, 3.63) is 16.1 Å². The Balaban J connectivity index is 1.83. The van der Waals surface area contributed by atoms with Crippen LogP contribution in [0, 0.1) is 0 Å². The molecule has 1 amide bonds. The van der Waals surface area contributed by atoms with E-state index in [2.05, 4.69) is 10.3 Å². The number of aromatic nitrogens is 1. The number of carbonyl (C=O) groups is 1. The van der Waals surface area contributed by atoms with E-state index < -0.39 is 17.5 Å². The van der Waals surface area contributed by atoms with Gasteiger partial charge in [-0.3, -0.25) is 4.79 Å². The van der Waals surface area contributed by atoms with Crippen LogP contribution in [0.25, 0.3) is 0 Å². The summed E-state index contributed by atoms with van der Waals surface area (Å²) in [6.45, 7) is -0.0460. The van der Waals surface area contributed by atoms with E-state index in [-0.39, 0.29) is 23.9 Å². The van der Waals surface area contributed by atoms with Gasteiger partial charge in [0.1, 0.15) is 5.01 Å². The lowest BCUT2D eigenvalue weighted by molar-refractivity contribution is -0.140. The van der Waals surface area contributed by atoms with Gasteiger partial charge in [-0.05, 0) is 12.8 Å². The maximum atomic E-state index is 12.3. The second-order valence-corrected chi connectivity index (χ2v) is 5.95. The van der Waals surface area contributed by atoms with Crippen LogP contribution in [-0.4, -0.2) is 21.6 Å². The molecular formula is C12H15F3N2O2S. The summed E-state index contributed by atoms with van der Waals surface area (Å²) in [5.41, 5.74) is -1.90. The molecule has 2 N–H and O–H groups in total. The van der Waals surface area contributed by atoms with E-state index in [1.54, 1.807) is 0 Å². The Bertz CT molecular complexity index is 481. The summed E-state index contributed by atoms with van der Waals surface area (Å²) in [6, 6.07) is 0. The third kappa shape index (κ3) is 3.92. The zero-order valence-corrected chi connectivity index (χ0v) is 11.5. The van der Waals surface area contributed by atoms with Gasteiger partial charge < -0.3 is 10.4 Å². The van der Waals surface area contributed by atoms with Crippen LogP contribution >= 0.6 is 11.3 Å². The summed E-state index contributed by atoms with van der Waals surface area (Å²) in [5.74, 6) is -0.363. The molecule has 0 atom stereocenters. The van der Waals surface area contributed by atoms with Crippen LogP contribution < -0.4 is 5.32 Å². The monoisotopic (exact) mass is 308 g/mol. The number of halogens is 3. The molecule has 1 aliphatic rings. The lowest BCUT2D eigenvalue weighted by Crippen LogP contribution is -2.34. The second kappa shape index (κ2) is 5.69. The van der Waals surface area contributed by atoms with Crippen LogP contribution in [0.3, 0.4) is 0 Å². The maximum Gasteiger partial charge on any atom is 0.434 e. The summed E-state index contributed by atoms with van der Waals surface area (Å²) >= 11 is 0.852. The van der Waals surface area contributed by atoms with Crippen molar-refractivity contribution >= 4 is 17.2 Å². The number of carbonyl (C=O) groups excluding carboxylic acids is 1. The molecule has 1 aromatic heterocycles. The zero-order valence-electron chi connectivity index (χ0n) is 10.7. The van der Waals surface area contributed by atoms with E-state index in [1.807, 2.05) is 0 Å². The van der Waals surface area contributed by atoms with Crippen LogP contribution in [0.1, 0.15) is 42.8 Å². The van der Waals surface area contributed by atoms with Crippen molar-refractivity contribution in [3.63, 3.8) is 0 Å². The van der Waals surface area contributed by atoms with E-state index in [0.29, 0.717) is 12.8 Å². The Labute approximate surface area is 118 Å². The molecular weight excluding hydrogens is 293 g/mol. The molecule has 0 bridgehead atoms. The fourth-order valence-corrected chi connectivity index (χ4v) is 3.01. The SMILES string of the molecule is O=C(CC1(O)CCCC1)NCc1nc(C(F)(F)F)cs1. The summed E-state index contributed by atoms with van der Waals surface area (Å²) in [6.07, 6.45) is -1.50. The van der Waals surface area contributed by atoms with Crippen LogP contribution in [0.5, 0.6) is 0 Å². The number of rotatable bonds is 4. The fourth-order valence-electron chi connectivity index (χ4n) is 2.27. The average molecular weight is 308 g/mol. The van der Waals surface area contributed by atoms with Crippen molar-refractivity contribution in [1.82, 2.24) is 10.3 Å². The number of alkyl halides is 3. The highest BCUT2D eigenvalue weighted by Crippen LogP contribution is 2.32. The first-order valence-electron chi connectivity index (χ1n) is 6.29. The minimum Gasteiger partial charge on any atom is -0.389 e. The number of thiazole rings is 1. The third-order valence-corrected chi connectivity index (χ3v) is 4.15. The molecule has 0 aliphatic heterocycles. The Hall–Kier alpha value is -1.15. The van der Waals surface area contributed by atoms with E-state index in [4.69, 9.17) is 0 Å². The first-order chi connectivity index (χ1) is 9.28. The first kappa shape index (κ1) is 15.2. The predicted molar refractivity (Wildman–Crippen MR) is 67.0 cm³/mol. The number of nitrogens with one attached hydrogen (secondary N) is 1. The summed E-state index contributed by atoms with van der Waals surface area (Å²) < 4.78 is 37.0. The van der Waals surface area contributed by atoms with Crippen molar-refractivity contribution in [3.8, 4) is 0 Å². The topological polar surface area (TPSA) is 62.2 Å². The number of hydrogen-bond donors (Lipinski definition) is 2. The highest BCUT2D eigenvalue weighted by Gasteiger charge is 2.34. The van der Waals surface area contributed by atoms with E-state index in [9.17, 15) is 23.1 Å². The third-order valence-electron chi connectivity index (χ3n) is 3.30. The molecule has 112 valence electrons. The molecule has 1 saturated carbocycles. The van der Waals surface area contributed by atoms with Gasteiger partial charge in [-0.1, -0.05) is 12.8 Å². The zero-order chi connectivity index (χ0) is 14.8. The molecule has 20 heavy (non-hydrogen) atoms. The van der Waals surface area contributed by atoms with Crippen molar-refractivity contribution in [1.29, 1.82) is 0 Å². The lowest BCUT2D eigenvalue weighted by Gasteiger charge is -2.20. The number of aliphatic hydroxyl groups is 1. The first-order valence-corrected chi connectivity index (χ1v) is 7.17. The molecule has 0 radical (unpaired) electrons. The Kier molecular flexibility index (Phi) is 4.33. The van der Waals surface area contributed by atoms with Gasteiger partial charge in [0, 0.05) is 5.38 Å². The second-order valence-electron chi connectivity index (χ2n) is 5.01. The standard InChI is InChI=1S/C12H15F3N2O2S/c13-12(14,15)8-7-20-10(17-8)6-16-9(18)5-11(19)3-1-2-4-11/h7,19H,1-6H2,(H,16,18). The lowest BCUT2D eigenvalue weighted by atomic mass is 9.98. The number of nitrogens with zero attached hydrogens (tertiary/aromatic N) is 1.